The molecule has 0 bridgehead atoms. The van der Waals surface area contributed by atoms with E-state index in [1.807, 2.05) is 22.6 Å². The first-order chi connectivity index (χ1) is 7.47. The van der Waals surface area contributed by atoms with Gasteiger partial charge in [0.2, 0.25) is 0 Å². The molecule has 0 unspecified atom stereocenters. The van der Waals surface area contributed by atoms with Crippen molar-refractivity contribution in [3.63, 3.8) is 0 Å². The number of nitrogens with zero attached hydrogens (tertiary/aromatic N) is 1. The lowest BCUT2D eigenvalue weighted by Crippen LogP contribution is -2.10. The van der Waals surface area contributed by atoms with Gasteiger partial charge in [0, 0.05) is 20.9 Å². The Labute approximate surface area is 118 Å². The van der Waals surface area contributed by atoms with Gasteiger partial charge in [-0.3, -0.25) is 4.79 Å². The van der Waals surface area contributed by atoms with Crippen LogP contribution in [0.4, 0.5) is 8.78 Å². The Morgan fingerprint density at radius 2 is 2.19 bits per heavy atom. The maximum absolute atomic E-state index is 12.6. The zero-order chi connectivity index (χ0) is 12.3. The van der Waals surface area contributed by atoms with E-state index in [2.05, 4.69) is 9.72 Å². The van der Waals surface area contributed by atoms with E-state index in [0.717, 1.165) is 6.20 Å². The van der Waals surface area contributed by atoms with Crippen molar-refractivity contribution in [1.82, 2.24) is 4.98 Å². The van der Waals surface area contributed by atoms with Crippen LogP contribution in [0.25, 0.3) is 0 Å². The number of ether oxygens (including phenoxy) is 1. The Morgan fingerprint density at radius 1 is 1.56 bits per heavy atom. The van der Waals surface area contributed by atoms with Crippen molar-refractivity contribution in [1.29, 1.82) is 0 Å². The maximum Gasteiger partial charge on any atom is 0.310 e. The molecular weight excluding hydrogens is 446 g/mol. The molecule has 0 aliphatic carbocycles. The van der Waals surface area contributed by atoms with E-state index in [4.69, 9.17) is 0 Å². The molecule has 0 N–H and O–H groups in total. The van der Waals surface area contributed by atoms with Gasteiger partial charge in [0.25, 0.3) is 6.43 Å². The average Bonchev–Trinajstić information content (AvgIpc) is 2.23. The summed E-state index contributed by atoms with van der Waals surface area (Å²) in [6.07, 6.45) is -1.50. The number of carbonyl (C=O) groups is 1. The number of esters is 1. The number of rotatable bonds is 3. The van der Waals surface area contributed by atoms with Crippen LogP contribution < -0.4 is 0 Å². The summed E-state index contributed by atoms with van der Waals surface area (Å²) in [5, 5.41) is 0. The molecule has 0 radical (unpaired) electrons. The van der Waals surface area contributed by atoms with E-state index in [0.29, 0.717) is 12.8 Å². The van der Waals surface area contributed by atoms with Crippen molar-refractivity contribution in [2.75, 3.05) is 7.11 Å². The maximum atomic E-state index is 12.6. The molecule has 3 nitrogen and oxygen atoms in total. The van der Waals surface area contributed by atoms with Crippen LogP contribution in [0, 0.1) is 7.27 Å². The highest BCUT2D eigenvalue weighted by Crippen LogP contribution is 2.28. The fourth-order valence-electron chi connectivity index (χ4n) is 1.04. The summed E-state index contributed by atoms with van der Waals surface area (Å²) in [6.45, 7) is 0. The molecule has 16 heavy (non-hydrogen) atoms. The molecule has 0 aliphatic heterocycles. The lowest BCUT2D eigenvalue weighted by atomic mass is 10.1. The van der Waals surface area contributed by atoms with Crippen LogP contribution in [0.5, 0.6) is 0 Å². The highest BCUT2D eigenvalue weighted by molar-refractivity contribution is 14.1. The van der Waals surface area contributed by atoms with E-state index in [9.17, 15) is 13.6 Å². The molecule has 0 spiro atoms. The van der Waals surface area contributed by atoms with Crippen LogP contribution in [0.15, 0.2) is 6.20 Å². The summed E-state index contributed by atoms with van der Waals surface area (Å²) in [5.74, 6) is -0.468. The SMILES string of the molecule is COC(=O)Cc1c(I)ncc(C(F)F)c1I. The summed E-state index contributed by atoms with van der Waals surface area (Å²) in [4.78, 5) is 15.0. The van der Waals surface area contributed by atoms with Crippen molar-refractivity contribution < 1.29 is 18.3 Å². The fourth-order valence-corrected chi connectivity index (χ4v) is 2.98. The van der Waals surface area contributed by atoms with Gasteiger partial charge in [0.05, 0.1) is 13.5 Å². The molecular formula is C9H7F2I2NO2. The van der Waals surface area contributed by atoms with E-state index in [-0.39, 0.29) is 12.0 Å². The van der Waals surface area contributed by atoms with Gasteiger partial charge in [-0.05, 0) is 45.2 Å². The standard InChI is InChI=1S/C9H7F2I2NO2/c1-16-6(15)2-4-7(12)5(8(10)11)3-14-9(4)13/h3,8H,2H2,1H3. The first-order valence-electron chi connectivity index (χ1n) is 4.15. The Kier molecular flexibility index (Phi) is 5.28. The molecule has 0 amide bonds. The number of pyridine rings is 1. The van der Waals surface area contributed by atoms with Crippen molar-refractivity contribution >= 4 is 51.2 Å². The molecule has 0 aromatic carbocycles. The average molecular weight is 453 g/mol. The first-order valence-corrected chi connectivity index (χ1v) is 6.30. The van der Waals surface area contributed by atoms with Crippen molar-refractivity contribution in [3.8, 4) is 0 Å². The molecule has 7 heteroatoms. The van der Waals surface area contributed by atoms with Crippen LogP contribution in [-0.2, 0) is 16.0 Å². The highest BCUT2D eigenvalue weighted by atomic mass is 127. The summed E-state index contributed by atoms with van der Waals surface area (Å²) in [7, 11) is 1.26. The third-order valence-electron chi connectivity index (χ3n) is 1.87. The minimum atomic E-state index is -2.59. The number of aromatic nitrogens is 1. The molecule has 0 aliphatic rings. The predicted molar refractivity (Wildman–Crippen MR) is 70.3 cm³/mol. The topological polar surface area (TPSA) is 39.2 Å². The van der Waals surface area contributed by atoms with Gasteiger partial charge >= 0.3 is 5.97 Å². The Hall–Kier alpha value is -0.0600. The predicted octanol–water partition coefficient (Wildman–Crippen LogP) is 2.94. The van der Waals surface area contributed by atoms with Gasteiger partial charge in [0.15, 0.2) is 0 Å². The number of hydrogen-bond acceptors (Lipinski definition) is 3. The Bertz CT molecular complexity index is 413. The van der Waals surface area contributed by atoms with Gasteiger partial charge in [-0.15, -0.1) is 0 Å². The number of hydrogen-bond donors (Lipinski definition) is 0. The lowest BCUT2D eigenvalue weighted by Gasteiger charge is -2.09. The zero-order valence-corrected chi connectivity index (χ0v) is 12.5. The Balaban J connectivity index is 3.16. The number of halogens is 4. The van der Waals surface area contributed by atoms with Gasteiger partial charge in [-0.1, -0.05) is 0 Å². The monoisotopic (exact) mass is 453 g/mol. The molecule has 0 atom stereocenters. The quantitative estimate of drug-likeness (QED) is 0.402. The molecule has 1 rings (SSSR count). The second-order valence-corrected chi connectivity index (χ2v) is 4.95. The number of alkyl halides is 2. The minimum absolute atomic E-state index is 0.0411. The van der Waals surface area contributed by atoms with E-state index >= 15 is 0 Å². The molecule has 0 fully saturated rings. The van der Waals surface area contributed by atoms with E-state index < -0.39 is 12.4 Å². The smallest absolute Gasteiger partial charge is 0.310 e. The molecule has 1 heterocycles. The van der Waals surface area contributed by atoms with Crippen LogP contribution in [0.1, 0.15) is 17.6 Å². The third-order valence-corrected chi connectivity index (χ3v) is 4.07. The van der Waals surface area contributed by atoms with Crippen LogP contribution in [0.3, 0.4) is 0 Å². The first kappa shape index (κ1) is 14.0. The largest absolute Gasteiger partial charge is 0.469 e. The summed E-state index contributed by atoms with van der Waals surface area (Å²) >= 11 is 3.71. The second kappa shape index (κ2) is 6.03. The van der Waals surface area contributed by atoms with Crippen molar-refractivity contribution in [2.24, 2.45) is 0 Å². The van der Waals surface area contributed by atoms with Crippen LogP contribution >= 0.6 is 45.2 Å². The zero-order valence-electron chi connectivity index (χ0n) is 8.14. The molecule has 1 aromatic rings. The van der Waals surface area contributed by atoms with E-state index in [1.165, 1.54) is 7.11 Å². The molecule has 1 aromatic heterocycles. The highest BCUT2D eigenvalue weighted by Gasteiger charge is 2.19. The molecule has 88 valence electrons. The van der Waals surface area contributed by atoms with Crippen LogP contribution in [-0.4, -0.2) is 18.1 Å². The second-order valence-electron chi connectivity index (χ2n) is 2.85. The van der Waals surface area contributed by atoms with Gasteiger partial charge in [0.1, 0.15) is 3.70 Å². The number of carbonyl (C=O) groups excluding carboxylic acids is 1. The Morgan fingerprint density at radius 3 is 2.69 bits per heavy atom. The van der Waals surface area contributed by atoms with Crippen LogP contribution in [0.2, 0.25) is 0 Å². The van der Waals surface area contributed by atoms with Gasteiger partial charge < -0.3 is 4.74 Å². The third kappa shape index (κ3) is 3.22. The van der Waals surface area contributed by atoms with Crippen molar-refractivity contribution in [3.05, 3.63) is 24.6 Å². The van der Waals surface area contributed by atoms with Gasteiger partial charge in [-0.2, -0.15) is 0 Å². The minimum Gasteiger partial charge on any atom is -0.469 e. The lowest BCUT2D eigenvalue weighted by molar-refractivity contribution is -0.139. The normalized spacial score (nSPS) is 10.6. The summed E-state index contributed by atoms with van der Waals surface area (Å²) in [6, 6.07) is 0. The molecule has 0 saturated heterocycles. The van der Waals surface area contributed by atoms with Crippen molar-refractivity contribution in [2.45, 2.75) is 12.8 Å². The summed E-state index contributed by atoms with van der Waals surface area (Å²) < 4.78 is 30.6. The van der Waals surface area contributed by atoms with E-state index in [1.54, 1.807) is 22.6 Å². The number of methoxy groups -OCH3 is 1. The fraction of sp³-hybridized carbons (Fsp3) is 0.333. The summed E-state index contributed by atoms with van der Waals surface area (Å²) in [5.41, 5.74) is 0.339. The van der Waals surface area contributed by atoms with Gasteiger partial charge in [-0.25, -0.2) is 13.8 Å². The molecule has 0 saturated carbocycles.